The predicted molar refractivity (Wildman–Crippen MR) is 117 cm³/mol. The molecule has 2 aliphatic rings. The third kappa shape index (κ3) is 5.14. The average Bonchev–Trinajstić information content (AvgIpc) is 3.54. The molecule has 2 aromatic rings. The van der Waals surface area contributed by atoms with Crippen molar-refractivity contribution in [1.82, 2.24) is 0 Å². The van der Waals surface area contributed by atoms with Gasteiger partial charge in [0.05, 0.1) is 12.8 Å². The van der Waals surface area contributed by atoms with Gasteiger partial charge in [0.2, 0.25) is 11.8 Å². The van der Waals surface area contributed by atoms with Crippen LogP contribution in [0.4, 0.5) is 17.1 Å². The minimum absolute atomic E-state index is 0.0155. The summed E-state index contributed by atoms with van der Waals surface area (Å²) in [5.74, 6) is 0.897. The monoisotopic (exact) mass is 423 g/mol. The lowest BCUT2D eigenvalue weighted by molar-refractivity contribution is -0.118. The zero-order chi connectivity index (χ0) is 21.8. The molecule has 0 bridgehead atoms. The van der Waals surface area contributed by atoms with Gasteiger partial charge in [-0.25, -0.2) is 0 Å². The number of ether oxygens (including phenoxy) is 2. The Kier molecular flexibility index (Phi) is 6.06. The summed E-state index contributed by atoms with van der Waals surface area (Å²) < 4.78 is 10.9. The zero-order valence-corrected chi connectivity index (χ0v) is 17.3. The molecule has 2 fully saturated rings. The van der Waals surface area contributed by atoms with Crippen LogP contribution < -0.4 is 25.0 Å². The van der Waals surface area contributed by atoms with Crippen LogP contribution in [0.2, 0.25) is 0 Å². The van der Waals surface area contributed by atoms with Crippen molar-refractivity contribution in [3.05, 3.63) is 42.5 Å². The molecule has 1 saturated heterocycles. The van der Waals surface area contributed by atoms with Crippen LogP contribution in [-0.2, 0) is 14.4 Å². The van der Waals surface area contributed by atoms with Gasteiger partial charge < -0.3 is 25.0 Å². The summed E-state index contributed by atoms with van der Waals surface area (Å²) in [6, 6.07) is 12.1. The molecule has 31 heavy (non-hydrogen) atoms. The summed E-state index contributed by atoms with van der Waals surface area (Å²) >= 11 is 0. The summed E-state index contributed by atoms with van der Waals surface area (Å²) in [4.78, 5) is 38.1. The van der Waals surface area contributed by atoms with Gasteiger partial charge >= 0.3 is 0 Å². The number of nitrogens with zero attached hydrogens (tertiary/aromatic N) is 1. The fraction of sp³-hybridized carbons (Fsp3) is 0.348. The van der Waals surface area contributed by atoms with Crippen molar-refractivity contribution in [2.75, 3.05) is 35.8 Å². The average molecular weight is 423 g/mol. The van der Waals surface area contributed by atoms with E-state index in [2.05, 4.69) is 10.6 Å². The minimum atomic E-state index is -0.337. The van der Waals surface area contributed by atoms with Crippen LogP contribution in [0, 0.1) is 5.92 Å². The van der Waals surface area contributed by atoms with E-state index in [0.29, 0.717) is 41.5 Å². The number of rotatable bonds is 8. The molecular weight excluding hydrogens is 398 g/mol. The number of benzene rings is 2. The summed E-state index contributed by atoms with van der Waals surface area (Å²) in [5.41, 5.74) is 1.84. The molecule has 0 unspecified atom stereocenters. The summed E-state index contributed by atoms with van der Waals surface area (Å²) in [7, 11) is 1.55. The van der Waals surface area contributed by atoms with E-state index in [1.807, 2.05) is 0 Å². The number of amides is 3. The molecule has 1 heterocycles. The highest BCUT2D eigenvalue weighted by molar-refractivity contribution is 5.99. The number of nitrogens with one attached hydrogen (secondary N) is 2. The van der Waals surface area contributed by atoms with E-state index in [-0.39, 0.29) is 30.2 Å². The van der Waals surface area contributed by atoms with E-state index < -0.39 is 0 Å². The fourth-order valence-electron chi connectivity index (χ4n) is 3.48. The summed E-state index contributed by atoms with van der Waals surface area (Å²) in [6.07, 6.45) is 3.17. The highest BCUT2D eigenvalue weighted by Gasteiger charge is 2.29. The van der Waals surface area contributed by atoms with Gasteiger partial charge in [0, 0.05) is 36.3 Å². The topological polar surface area (TPSA) is 97.0 Å². The van der Waals surface area contributed by atoms with E-state index in [1.165, 1.54) is 0 Å². The van der Waals surface area contributed by atoms with E-state index in [0.717, 1.165) is 19.3 Å². The van der Waals surface area contributed by atoms with Gasteiger partial charge in [0.25, 0.3) is 5.91 Å². The molecule has 1 saturated carbocycles. The van der Waals surface area contributed by atoms with E-state index in [1.54, 1.807) is 54.5 Å². The van der Waals surface area contributed by atoms with Crippen molar-refractivity contribution in [2.45, 2.75) is 25.7 Å². The molecule has 8 nitrogen and oxygen atoms in total. The van der Waals surface area contributed by atoms with Crippen molar-refractivity contribution >= 4 is 34.8 Å². The van der Waals surface area contributed by atoms with Crippen molar-refractivity contribution in [1.29, 1.82) is 0 Å². The van der Waals surface area contributed by atoms with Gasteiger partial charge in [-0.2, -0.15) is 0 Å². The van der Waals surface area contributed by atoms with Gasteiger partial charge in [-0.3, -0.25) is 14.4 Å². The third-order valence-electron chi connectivity index (χ3n) is 5.25. The second-order valence-electron chi connectivity index (χ2n) is 7.66. The smallest absolute Gasteiger partial charge is 0.262 e. The van der Waals surface area contributed by atoms with Gasteiger partial charge in [0.15, 0.2) is 6.61 Å². The second-order valence-corrected chi connectivity index (χ2v) is 7.66. The maximum atomic E-state index is 12.4. The van der Waals surface area contributed by atoms with Gasteiger partial charge in [-0.05, 0) is 49.6 Å². The van der Waals surface area contributed by atoms with Gasteiger partial charge in [-0.15, -0.1) is 0 Å². The maximum absolute atomic E-state index is 12.4. The number of hydrogen-bond acceptors (Lipinski definition) is 5. The Hall–Kier alpha value is -3.55. The Balaban J connectivity index is 1.35. The molecule has 0 radical (unpaired) electrons. The number of methoxy groups -OCH3 is 1. The summed E-state index contributed by atoms with van der Waals surface area (Å²) in [5, 5.41) is 5.64. The highest BCUT2D eigenvalue weighted by Crippen LogP contribution is 2.34. The van der Waals surface area contributed by atoms with Crippen LogP contribution in [0.25, 0.3) is 0 Å². The normalized spacial score (nSPS) is 15.5. The van der Waals surface area contributed by atoms with E-state index in [4.69, 9.17) is 9.47 Å². The summed E-state index contributed by atoms with van der Waals surface area (Å²) in [6.45, 7) is 0.438. The zero-order valence-electron chi connectivity index (χ0n) is 17.3. The third-order valence-corrected chi connectivity index (χ3v) is 5.25. The number of carbonyl (C=O) groups excluding carboxylic acids is 3. The largest absolute Gasteiger partial charge is 0.495 e. The first-order valence-corrected chi connectivity index (χ1v) is 10.4. The SMILES string of the molecule is COc1ccc(NC(=O)COc2cccc(NC(=O)C3CC3)c2)cc1N1CCCC1=O. The minimum Gasteiger partial charge on any atom is -0.495 e. The van der Waals surface area contributed by atoms with Crippen LogP contribution in [-0.4, -0.2) is 38.0 Å². The van der Waals surface area contributed by atoms with Gasteiger partial charge in [-0.1, -0.05) is 6.07 Å². The quantitative estimate of drug-likeness (QED) is 0.680. The first-order chi connectivity index (χ1) is 15.0. The van der Waals surface area contributed by atoms with Crippen LogP contribution in [0.5, 0.6) is 11.5 Å². The molecule has 0 spiro atoms. The molecule has 2 aromatic carbocycles. The number of anilines is 3. The molecule has 0 atom stereocenters. The first kappa shape index (κ1) is 20.7. The second kappa shape index (κ2) is 9.07. The highest BCUT2D eigenvalue weighted by atomic mass is 16.5. The standard InChI is InChI=1S/C23H25N3O5/c1-30-20-10-9-17(13-19(20)26-11-3-6-22(26)28)24-21(27)14-31-18-5-2-4-16(12-18)25-23(29)15-7-8-15/h2,4-5,9-10,12-13,15H,3,6-8,11,14H2,1H3,(H,24,27)(H,25,29). The Morgan fingerprint density at radius 3 is 2.61 bits per heavy atom. The van der Waals surface area contributed by atoms with Crippen LogP contribution in [0.1, 0.15) is 25.7 Å². The number of hydrogen-bond donors (Lipinski definition) is 2. The molecular formula is C23H25N3O5. The van der Waals surface area contributed by atoms with Crippen LogP contribution >= 0.6 is 0 Å². The number of carbonyl (C=O) groups is 3. The Morgan fingerprint density at radius 1 is 1.10 bits per heavy atom. The van der Waals surface area contributed by atoms with Crippen molar-refractivity contribution in [3.8, 4) is 11.5 Å². The molecule has 3 amide bonds. The van der Waals surface area contributed by atoms with Crippen molar-refractivity contribution < 1.29 is 23.9 Å². The molecule has 8 heteroatoms. The first-order valence-electron chi connectivity index (χ1n) is 10.4. The molecule has 162 valence electrons. The molecule has 4 rings (SSSR count). The molecule has 2 N–H and O–H groups in total. The van der Waals surface area contributed by atoms with E-state index >= 15 is 0 Å². The van der Waals surface area contributed by atoms with Crippen LogP contribution in [0.3, 0.4) is 0 Å². The Morgan fingerprint density at radius 2 is 1.90 bits per heavy atom. The van der Waals surface area contributed by atoms with E-state index in [9.17, 15) is 14.4 Å². The lowest BCUT2D eigenvalue weighted by atomic mass is 10.2. The van der Waals surface area contributed by atoms with Crippen LogP contribution in [0.15, 0.2) is 42.5 Å². The Bertz CT molecular complexity index is 1000. The molecule has 1 aliphatic heterocycles. The predicted octanol–water partition coefficient (Wildman–Crippen LogP) is 3.19. The fourth-order valence-corrected chi connectivity index (χ4v) is 3.48. The van der Waals surface area contributed by atoms with Crippen molar-refractivity contribution in [3.63, 3.8) is 0 Å². The molecule has 0 aromatic heterocycles. The lowest BCUT2D eigenvalue weighted by Crippen LogP contribution is -2.25. The Labute approximate surface area is 180 Å². The molecule has 1 aliphatic carbocycles. The van der Waals surface area contributed by atoms with Crippen molar-refractivity contribution in [2.24, 2.45) is 5.92 Å². The maximum Gasteiger partial charge on any atom is 0.262 e. The lowest BCUT2D eigenvalue weighted by Gasteiger charge is -2.20. The van der Waals surface area contributed by atoms with Gasteiger partial charge in [0.1, 0.15) is 11.5 Å².